The predicted octanol–water partition coefficient (Wildman–Crippen LogP) is 2.33. The molecule has 1 amide bonds. The Labute approximate surface area is 135 Å². The van der Waals surface area contributed by atoms with Gasteiger partial charge in [-0.05, 0) is 31.2 Å². The summed E-state index contributed by atoms with van der Waals surface area (Å²) in [7, 11) is 0. The third-order valence-corrected chi connectivity index (χ3v) is 3.49. The number of ether oxygens (including phenoxy) is 3. The molecule has 0 aromatic heterocycles. The fourth-order valence-corrected chi connectivity index (χ4v) is 2.23. The van der Waals surface area contributed by atoms with Gasteiger partial charge < -0.3 is 19.5 Å². The number of amides is 1. The van der Waals surface area contributed by atoms with E-state index in [1.54, 1.807) is 0 Å². The van der Waals surface area contributed by atoms with E-state index in [0.717, 1.165) is 11.3 Å². The molecule has 0 bridgehead atoms. The van der Waals surface area contributed by atoms with Crippen molar-refractivity contribution in [3.8, 4) is 17.2 Å². The van der Waals surface area contributed by atoms with Crippen LogP contribution in [0.3, 0.4) is 0 Å². The number of rotatable bonds is 5. The molecule has 1 atom stereocenters. The summed E-state index contributed by atoms with van der Waals surface area (Å²) in [4.78, 5) is 11.8. The van der Waals surface area contributed by atoms with E-state index < -0.39 is 0 Å². The fourth-order valence-electron chi connectivity index (χ4n) is 2.23. The summed E-state index contributed by atoms with van der Waals surface area (Å²) in [5.41, 5.74) is 1.15. The topological polar surface area (TPSA) is 56.8 Å². The van der Waals surface area contributed by atoms with Crippen LogP contribution in [0.5, 0.6) is 17.2 Å². The number of aryl methyl sites for hydroxylation is 1. The molecule has 0 unspecified atom stereocenters. The number of carbonyl (C=O) groups excluding carboxylic acids is 1. The highest BCUT2D eigenvalue weighted by atomic mass is 16.6. The fraction of sp³-hybridized carbons (Fsp3) is 0.278. The first-order valence-corrected chi connectivity index (χ1v) is 7.55. The minimum Gasteiger partial charge on any atom is -0.486 e. The highest BCUT2D eigenvalue weighted by Gasteiger charge is 2.20. The molecule has 0 spiro atoms. The molecule has 5 nitrogen and oxygen atoms in total. The highest BCUT2D eigenvalue weighted by Crippen LogP contribution is 2.30. The Balaban J connectivity index is 1.42. The Morgan fingerprint density at radius 1 is 1.17 bits per heavy atom. The minimum absolute atomic E-state index is 0.0206. The van der Waals surface area contributed by atoms with Gasteiger partial charge in [0.15, 0.2) is 18.1 Å². The molecule has 3 rings (SSSR count). The molecule has 0 radical (unpaired) electrons. The van der Waals surface area contributed by atoms with E-state index in [2.05, 4.69) is 5.32 Å². The largest absolute Gasteiger partial charge is 0.486 e. The van der Waals surface area contributed by atoms with Gasteiger partial charge in [-0.15, -0.1) is 0 Å². The second kappa shape index (κ2) is 7.05. The maximum absolute atomic E-state index is 11.8. The third-order valence-electron chi connectivity index (χ3n) is 3.49. The van der Waals surface area contributed by atoms with E-state index in [1.165, 1.54) is 0 Å². The normalized spacial score (nSPS) is 15.8. The maximum atomic E-state index is 11.8. The van der Waals surface area contributed by atoms with Gasteiger partial charge in [-0.1, -0.05) is 29.8 Å². The van der Waals surface area contributed by atoms with Crippen LogP contribution in [-0.4, -0.2) is 31.8 Å². The van der Waals surface area contributed by atoms with Crippen LogP contribution in [0, 0.1) is 6.92 Å². The van der Waals surface area contributed by atoms with Gasteiger partial charge in [-0.2, -0.15) is 0 Å². The molecule has 5 heteroatoms. The van der Waals surface area contributed by atoms with E-state index in [-0.39, 0.29) is 18.6 Å². The molecule has 1 N–H and O–H groups in total. The summed E-state index contributed by atoms with van der Waals surface area (Å²) in [6.07, 6.45) is -0.201. The Morgan fingerprint density at radius 2 is 1.91 bits per heavy atom. The molecule has 120 valence electrons. The van der Waals surface area contributed by atoms with Crippen LogP contribution in [0.4, 0.5) is 0 Å². The van der Waals surface area contributed by atoms with Crippen molar-refractivity contribution in [2.45, 2.75) is 13.0 Å². The number of fused-ring (bicyclic) bond motifs is 1. The van der Waals surface area contributed by atoms with Gasteiger partial charge in [0.25, 0.3) is 5.91 Å². The van der Waals surface area contributed by atoms with E-state index in [9.17, 15) is 4.79 Å². The van der Waals surface area contributed by atoms with Gasteiger partial charge in [0.1, 0.15) is 18.5 Å². The van der Waals surface area contributed by atoms with Crippen molar-refractivity contribution in [3.05, 3.63) is 54.1 Å². The molecular formula is C18H19NO4. The van der Waals surface area contributed by atoms with Crippen molar-refractivity contribution in [2.75, 3.05) is 19.8 Å². The first-order chi connectivity index (χ1) is 11.2. The van der Waals surface area contributed by atoms with E-state index in [0.29, 0.717) is 24.7 Å². The van der Waals surface area contributed by atoms with Crippen LogP contribution < -0.4 is 19.5 Å². The van der Waals surface area contributed by atoms with Crippen molar-refractivity contribution < 1.29 is 19.0 Å². The number of hydrogen-bond donors (Lipinski definition) is 1. The number of nitrogens with one attached hydrogen (secondary N) is 1. The van der Waals surface area contributed by atoms with Gasteiger partial charge in [0.05, 0.1) is 6.54 Å². The van der Waals surface area contributed by atoms with Crippen molar-refractivity contribution >= 4 is 5.91 Å². The molecule has 0 saturated carbocycles. The molecular weight excluding hydrogens is 294 g/mol. The highest BCUT2D eigenvalue weighted by molar-refractivity contribution is 5.77. The summed E-state index contributed by atoms with van der Waals surface area (Å²) >= 11 is 0. The van der Waals surface area contributed by atoms with Gasteiger partial charge in [0.2, 0.25) is 0 Å². The van der Waals surface area contributed by atoms with Gasteiger partial charge in [-0.3, -0.25) is 4.79 Å². The Kier molecular flexibility index (Phi) is 4.66. The standard InChI is InChI=1S/C18H19NO4/c1-13-6-8-14(9-7-13)21-12-18(20)19-10-15-11-22-16-4-2-3-5-17(16)23-15/h2-9,15H,10-12H2,1H3,(H,19,20)/t15-/m1/s1. The van der Waals surface area contributed by atoms with Crippen molar-refractivity contribution in [3.63, 3.8) is 0 Å². The average Bonchev–Trinajstić information content (AvgIpc) is 2.59. The zero-order chi connectivity index (χ0) is 16.1. The number of benzene rings is 2. The van der Waals surface area contributed by atoms with Gasteiger partial charge >= 0.3 is 0 Å². The third kappa shape index (κ3) is 4.16. The average molecular weight is 313 g/mol. The van der Waals surface area contributed by atoms with Gasteiger partial charge in [-0.25, -0.2) is 0 Å². The summed E-state index contributed by atoms with van der Waals surface area (Å²) in [5.74, 6) is 1.93. The lowest BCUT2D eigenvalue weighted by Crippen LogP contribution is -2.42. The Hall–Kier alpha value is -2.69. The summed E-state index contributed by atoms with van der Waals surface area (Å²) in [6, 6.07) is 15.1. The van der Waals surface area contributed by atoms with Crippen LogP contribution in [0.25, 0.3) is 0 Å². The zero-order valence-corrected chi connectivity index (χ0v) is 13.0. The SMILES string of the molecule is Cc1ccc(OCC(=O)NC[C@@H]2COc3ccccc3O2)cc1. The summed E-state index contributed by atoms with van der Waals surface area (Å²) < 4.78 is 16.8. The second-order valence-corrected chi connectivity index (χ2v) is 5.40. The quantitative estimate of drug-likeness (QED) is 0.920. The molecule has 1 aliphatic rings. The summed E-state index contributed by atoms with van der Waals surface area (Å²) in [5, 5.41) is 2.80. The lowest BCUT2D eigenvalue weighted by molar-refractivity contribution is -0.123. The smallest absolute Gasteiger partial charge is 0.258 e. The molecule has 0 saturated heterocycles. The molecule has 23 heavy (non-hydrogen) atoms. The van der Waals surface area contributed by atoms with Crippen LogP contribution >= 0.6 is 0 Å². The lowest BCUT2D eigenvalue weighted by Gasteiger charge is -2.26. The number of carbonyl (C=O) groups is 1. The van der Waals surface area contributed by atoms with Crippen LogP contribution in [0.1, 0.15) is 5.56 Å². The van der Waals surface area contributed by atoms with Crippen molar-refractivity contribution in [1.82, 2.24) is 5.32 Å². The first-order valence-electron chi connectivity index (χ1n) is 7.55. The number of hydrogen-bond acceptors (Lipinski definition) is 4. The molecule has 0 fully saturated rings. The van der Waals surface area contributed by atoms with E-state index in [4.69, 9.17) is 14.2 Å². The Morgan fingerprint density at radius 3 is 2.70 bits per heavy atom. The van der Waals surface area contributed by atoms with Gasteiger partial charge in [0, 0.05) is 0 Å². The monoisotopic (exact) mass is 313 g/mol. The molecule has 2 aromatic carbocycles. The van der Waals surface area contributed by atoms with E-state index in [1.807, 2.05) is 55.5 Å². The van der Waals surface area contributed by atoms with Crippen molar-refractivity contribution in [2.24, 2.45) is 0 Å². The molecule has 1 heterocycles. The second-order valence-electron chi connectivity index (χ2n) is 5.40. The summed E-state index contributed by atoms with van der Waals surface area (Å²) in [6.45, 7) is 2.77. The molecule has 1 aliphatic heterocycles. The van der Waals surface area contributed by atoms with Crippen molar-refractivity contribution in [1.29, 1.82) is 0 Å². The number of para-hydroxylation sites is 2. The predicted molar refractivity (Wildman–Crippen MR) is 86.0 cm³/mol. The Bertz CT molecular complexity index is 669. The van der Waals surface area contributed by atoms with E-state index >= 15 is 0 Å². The zero-order valence-electron chi connectivity index (χ0n) is 13.0. The first kappa shape index (κ1) is 15.2. The van der Waals surface area contributed by atoms with Crippen LogP contribution in [-0.2, 0) is 4.79 Å². The van der Waals surface area contributed by atoms with Crippen LogP contribution in [0.2, 0.25) is 0 Å². The van der Waals surface area contributed by atoms with Crippen LogP contribution in [0.15, 0.2) is 48.5 Å². The molecule has 2 aromatic rings. The lowest BCUT2D eigenvalue weighted by atomic mass is 10.2. The molecule has 0 aliphatic carbocycles. The maximum Gasteiger partial charge on any atom is 0.258 e. The minimum atomic E-state index is -0.201.